The van der Waals surface area contributed by atoms with E-state index < -0.39 is 11.6 Å². The molecule has 0 aliphatic heterocycles. The molecule has 0 aliphatic carbocycles. The number of amides is 1. The van der Waals surface area contributed by atoms with Crippen molar-refractivity contribution in [3.63, 3.8) is 0 Å². The van der Waals surface area contributed by atoms with Gasteiger partial charge >= 0.3 is 0 Å². The molecule has 0 saturated carbocycles. The van der Waals surface area contributed by atoms with E-state index in [1.165, 1.54) is 17.7 Å². The summed E-state index contributed by atoms with van der Waals surface area (Å²) in [6, 6.07) is 5.51. The second-order valence-electron chi connectivity index (χ2n) is 4.49. The van der Waals surface area contributed by atoms with Crippen LogP contribution in [0.25, 0.3) is 10.6 Å². The normalized spacial score (nSPS) is 10.4. The number of nitrogens with two attached hydrogens (primary N) is 2. The zero-order valence-electron chi connectivity index (χ0n) is 11.7. The third kappa shape index (κ3) is 2.87. The van der Waals surface area contributed by atoms with E-state index in [9.17, 15) is 4.79 Å². The summed E-state index contributed by atoms with van der Waals surface area (Å²) in [6.07, 6.45) is 1.17. The van der Waals surface area contributed by atoms with Gasteiger partial charge in [0.15, 0.2) is 5.82 Å². The number of thiophene rings is 1. The van der Waals surface area contributed by atoms with Crippen molar-refractivity contribution in [1.29, 1.82) is 5.41 Å². The fourth-order valence-electron chi connectivity index (χ4n) is 1.91. The lowest BCUT2D eigenvalue weighted by molar-refractivity contribution is -0.110. The Morgan fingerprint density at radius 2 is 2.04 bits per heavy atom. The Morgan fingerprint density at radius 1 is 1.30 bits per heavy atom. The van der Waals surface area contributed by atoms with Gasteiger partial charge < -0.3 is 16.8 Å². The lowest BCUT2D eigenvalue weighted by Gasteiger charge is -2.07. The van der Waals surface area contributed by atoms with Crippen LogP contribution in [-0.4, -0.2) is 31.8 Å². The number of H-pyrrole nitrogens is 1. The Labute approximate surface area is 134 Å². The SMILES string of the molecule is N=C(C(=O)Nc1cc(-c2cccs2)[nH]n1)c1c(N)ncnc1N. The van der Waals surface area contributed by atoms with Crippen LogP contribution in [0.2, 0.25) is 0 Å². The van der Waals surface area contributed by atoms with Gasteiger partial charge in [0.1, 0.15) is 23.7 Å². The maximum Gasteiger partial charge on any atom is 0.275 e. The molecule has 116 valence electrons. The first-order valence-electron chi connectivity index (χ1n) is 6.41. The van der Waals surface area contributed by atoms with Crippen molar-refractivity contribution in [1.82, 2.24) is 20.2 Å². The number of hydrogen-bond donors (Lipinski definition) is 5. The van der Waals surface area contributed by atoms with Gasteiger partial charge in [0, 0.05) is 6.07 Å². The summed E-state index contributed by atoms with van der Waals surface area (Å²) in [7, 11) is 0. The number of nitrogens with one attached hydrogen (secondary N) is 3. The van der Waals surface area contributed by atoms with E-state index in [4.69, 9.17) is 16.9 Å². The van der Waals surface area contributed by atoms with E-state index in [2.05, 4.69) is 25.5 Å². The van der Waals surface area contributed by atoms with Crippen LogP contribution in [0.1, 0.15) is 5.56 Å². The highest BCUT2D eigenvalue weighted by atomic mass is 32.1. The third-order valence-corrected chi connectivity index (χ3v) is 3.89. The summed E-state index contributed by atoms with van der Waals surface area (Å²) in [4.78, 5) is 20.6. The molecule has 0 radical (unpaired) electrons. The highest BCUT2D eigenvalue weighted by Gasteiger charge is 2.20. The van der Waals surface area contributed by atoms with E-state index in [1.807, 2.05) is 17.5 Å². The molecule has 23 heavy (non-hydrogen) atoms. The van der Waals surface area contributed by atoms with Crippen molar-refractivity contribution in [2.45, 2.75) is 0 Å². The summed E-state index contributed by atoms with van der Waals surface area (Å²) in [5, 5.41) is 19.2. The number of nitrogens with zero attached hydrogens (tertiary/aromatic N) is 3. The number of rotatable bonds is 4. The van der Waals surface area contributed by atoms with Gasteiger partial charge in [-0.05, 0) is 11.4 Å². The highest BCUT2D eigenvalue weighted by molar-refractivity contribution is 7.13. The number of carbonyl (C=O) groups is 1. The van der Waals surface area contributed by atoms with Gasteiger partial charge in [-0.3, -0.25) is 15.3 Å². The molecule has 10 heteroatoms. The highest BCUT2D eigenvalue weighted by Crippen LogP contribution is 2.24. The molecule has 0 bridgehead atoms. The van der Waals surface area contributed by atoms with E-state index in [-0.39, 0.29) is 23.0 Å². The molecular formula is C13H12N8OS. The molecule has 0 aromatic carbocycles. The minimum absolute atomic E-state index is 0.000911. The quantitative estimate of drug-likeness (QED) is 0.451. The van der Waals surface area contributed by atoms with Crippen LogP contribution in [0.15, 0.2) is 29.9 Å². The first-order chi connectivity index (χ1) is 11.1. The van der Waals surface area contributed by atoms with Crippen molar-refractivity contribution >= 4 is 40.4 Å². The van der Waals surface area contributed by atoms with Gasteiger partial charge in [0.2, 0.25) is 0 Å². The number of hydrogen-bond acceptors (Lipinski definition) is 8. The topological polar surface area (TPSA) is 159 Å². The van der Waals surface area contributed by atoms with Crippen molar-refractivity contribution in [2.75, 3.05) is 16.8 Å². The van der Waals surface area contributed by atoms with Crippen LogP contribution in [0.3, 0.4) is 0 Å². The molecule has 3 heterocycles. The zero-order valence-corrected chi connectivity index (χ0v) is 12.5. The van der Waals surface area contributed by atoms with Crippen LogP contribution < -0.4 is 16.8 Å². The summed E-state index contributed by atoms with van der Waals surface area (Å²) in [5.41, 5.74) is 11.6. The van der Waals surface area contributed by atoms with E-state index in [0.717, 1.165) is 10.6 Å². The number of aromatic amines is 1. The summed E-state index contributed by atoms with van der Waals surface area (Å²) in [6.45, 7) is 0. The zero-order chi connectivity index (χ0) is 16.4. The number of anilines is 3. The van der Waals surface area contributed by atoms with Crippen molar-refractivity contribution < 1.29 is 4.79 Å². The van der Waals surface area contributed by atoms with Gasteiger partial charge in [-0.1, -0.05) is 6.07 Å². The molecule has 0 unspecified atom stereocenters. The number of nitrogen functional groups attached to an aromatic ring is 2. The predicted octanol–water partition coefficient (Wildman–Crippen LogP) is 1.10. The average Bonchev–Trinajstić information content (AvgIpc) is 3.17. The lowest BCUT2D eigenvalue weighted by Crippen LogP contribution is -2.25. The van der Waals surface area contributed by atoms with Crippen molar-refractivity contribution in [3.8, 4) is 10.6 Å². The number of carbonyl (C=O) groups excluding carboxylic acids is 1. The van der Waals surface area contributed by atoms with Crippen LogP contribution in [0.4, 0.5) is 17.5 Å². The number of aromatic nitrogens is 4. The summed E-state index contributed by atoms with van der Waals surface area (Å²) < 4.78 is 0. The second-order valence-corrected chi connectivity index (χ2v) is 5.44. The standard InChI is InChI=1S/C13H12N8OS/c14-10(9-11(15)17-5-18-12(9)16)13(22)19-8-4-6(20-21-8)7-2-1-3-23-7/h1-5,14H,(H4,15,16,17,18)(H2,19,20,21,22). The maximum absolute atomic E-state index is 12.2. The van der Waals surface area contributed by atoms with Crippen molar-refractivity contribution in [2.24, 2.45) is 0 Å². The smallest absolute Gasteiger partial charge is 0.275 e. The van der Waals surface area contributed by atoms with E-state index >= 15 is 0 Å². The first kappa shape index (κ1) is 14.7. The molecule has 9 nitrogen and oxygen atoms in total. The van der Waals surface area contributed by atoms with Gasteiger partial charge in [-0.15, -0.1) is 11.3 Å². The summed E-state index contributed by atoms with van der Waals surface area (Å²) >= 11 is 1.54. The molecule has 0 aliphatic rings. The first-order valence-corrected chi connectivity index (χ1v) is 7.29. The maximum atomic E-state index is 12.2. The van der Waals surface area contributed by atoms with Crippen LogP contribution in [0.5, 0.6) is 0 Å². The fraction of sp³-hybridized carbons (Fsp3) is 0. The molecule has 3 rings (SSSR count). The average molecular weight is 328 g/mol. The van der Waals surface area contributed by atoms with E-state index in [0.29, 0.717) is 0 Å². The fourth-order valence-corrected chi connectivity index (χ4v) is 2.60. The van der Waals surface area contributed by atoms with Gasteiger partial charge in [-0.25, -0.2) is 9.97 Å². The van der Waals surface area contributed by atoms with Crippen LogP contribution in [0, 0.1) is 5.41 Å². The Kier molecular flexibility index (Phi) is 3.73. The molecule has 3 aromatic heterocycles. The monoisotopic (exact) mass is 328 g/mol. The molecule has 7 N–H and O–H groups in total. The van der Waals surface area contributed by atoms with Crippen LogP contribution >= 0.6 is 11.3 Å². The molecule has 1 amide bonds. The van der Waals surface area contributed by atoms with Crippen molar-refractivity contribution in [3.05, 3.63) is 35.5 Å². The molecule has 3 aromatic rings. The Hall–Kier alpha value is -3.27. The molecule has 0 atom stereocenters. The van der Waals surface area contributed by atoms with Gasteiger partial charge in [-0.2, -0.15) is 5.10 Å². The molecule has 0 saturated heterocycles. The van der Waals surface area contributed by atoms with Gasteiger partial charge in [0.05, 0.1) is 16.1 Å². The lowest BCUT2D eigenvalue weighted by atomic mass is 10.1. The molecule has 0 spiro atoms. The summed E-state index contributed by atoms with van der Waals surface area (Å²) in [5.74, 6) is -0.475. The largest absolute Gasteiger partial charge is 0.383 e. The Morgan fingerprint density at radius 3 is 2.70 bits per heavy atom. The Balaban J connectivity index is 1.78. The minimum atomic E-state index is -0.706. The molecule has 0 fully saturated rings. The third-order valence-electron chi connectivity index (χ3n) is 2.99. The second kappa shape index (κ2) is 5.85. The Bertz CT molecular complexity index is 850. The van der Waals surface area contributed by atoms with Crippen LogP contribution in [-0.2, 0) is 4.79 Å². The predicted molar refractivity (Wildman–Crippen MR) is 88.2 cm³/mol. The minimum Gasteiger partial charge on any atom is -0.383 e. The van der Waals surface area contributed by atoms with E-state index in [1.54, 1.807) is 6.07 Å². The van der Waals surface area contributed by atoms with Gasteiger partial charge in [0.25, 0.3) is 5.91 Å². The molecular weight excluding hydrogens is 316 g/mol.